The molecule has 9 heteroatoms. The van der Waals surface area contributed by atoms with Gasteiger partial charge >= 0.3 is 11.9 Å². The van der Waals surface area contributed by atoms with Gasteiger partial charge in [-0.25, -0.2) is 0 Å². The van der Waals surface area contributed by atoms with Crippen LogP contribution in [0.5, 0.6) is 0 Å². The van der Waals surface area contributed by atoms with Gasteiger partial charge in [-0.15, -0.1) is 0 Å². The van der Waals surface area contributed by atoms with Gasteiger partial charge in [-0.05, 0) is 51.4 Å². The van der Waals surface area contributed by atoms with Crippen molar-refractivity contribution in [3.05, 3.63) is 36.5 Å². The van der Waals surface area contributed by atoms with Crippen molar-refractivity contribution in [1.29, 1.82) is 0 Å². The molecule has 0 heterocycles. The van der Waals surface area contributed by atoms with Crippen LogP contribution in [0, 0.1) is 0 Å². The van der Waals surface area contributed by atoms with Crippen LogP contribution < -0.4 is 5.11 Å². The number of carbonyl (C=O) groups excluding carboxylic acids is 3. The van der Waals surface area contributed by atoms with Gasteiger partial charge in [0, 0.05) is 12.8 Å². The summed E-state index contributed by atoms with van der Waals surface area (Å²) in [6, 6.07) is 0. The largest absolute Gasteiger partial charge is 0.545 e. The second-order valence-electron chi connectivity index (χ2n) is 22.0. The van der Waals surface area contributed by atoms with Gasteiger partial charge in [-0.2, -0.15) is 0 Å². The van der Waals surface area contributed by atoms with E-state index in [0.29, 0.717) is 17.4 Å². The Bertz CT molecular complexity index is 1270. The van der Waals surface area contributed by atoms with Crippen molar-refractivity contribution in [2.45, 2.75) is 302 Å². The monoisotopic (exact) mass is 1020 g/mol. The van der Waals surface area contributed by atoms with Crippen LogP contribution >= 0.6 is 0 Å². The number of carboxylic acids is 1. The zero-order chi connectivity index (χ0) is 52.7. The number of rotatable bonds is 57. The van der Waals surface area contributed by atoms with Gasteiger partial charge in [0.1, 0.15) is 13.2 Å². The predicted molar refractivity (Wildman–Crippen MR) is 302 cm³/mol. The quantitative estimate of drug-likeness (QED) is 0.0195. The number of carboxylic acid groups (broad SMARTS) is 1. The molecule has 0 aliphatic heterocycles. The molecule has 0 fully saturated rings. The lowest BCUT2D eigenvalue weighted by Gasteiger charge is -2.26. The normalized spacial score (nSPS) is 13.0. The maximum absolute atomic E-state index is 12.9. The van der Waals surface area contributed by atoms with E-state index in [0.717, 1.165) is 51.4 Å². The van der Waals surface area contributed by atoms with E-state index in [9.17, 15) is 19.5 Å². The van der Waals surface area contributed by atoms with Crippen LogP contribution in [0.4, 0.5) is 0 Å². The van der Waals surface area contributed by atoms with Gasteiger partial charge in [0.25, 0.3) is 0 Å². The second-order valence-corrected chi connectivity index (χ2v) is 22.0. The van der Waals surface area contributed by atoms with Crippen LogP contribution in [0.2, 0.25) is 0 Å². The molecule has 0 aliphatic carbocycles. The SMILES string of the molecule is CCCCCCC/C=C\C/C=C\C/C=C\CCCCCCCCCCCCCCCCCCCCC(=O)OC(COC(=O)CCCCCCCCCCCCCCCC)COC(OCC[N+](C)(C)C)C(=O)[O-]. The Hall–Kier alpha value is -2.49. The maximum Gasteiger partial charge on any atom is 0.306 e. The highest BCUT2D eigenvalue weighted by molar-refractivity contribution is 5.70. The van der Waals surface area contributed by atoms with Crippen molar-refractivity contribution in [1.82, 2.24) is 0 Å². The number of aliphatic carboxylic acids is 1. The minimum Gasteiger partial charge on any atom is -0.545 e. The number of likely N-dealkylation sites (N-methyl/N-ethyl adjacent to an activating group) is 1. The fourth-order valence-corrected chi connectivity index (χ4v) is 8.90. The van der Waals surface area contributed by atoms with Crippen LogP contribution in [-0.2, 0) is 33.3 Å². The number of allylic oxidation sites excluding steroid dienone is 6. The molecule has 72 heavy (non-hydrogen) atoms. The number of quaternary nitrogens is 1. The summed E-state index contributed by atoms with van der Waals surface area (Å²) >= 11 is 0. The lowest BCUT2D eigenvalue weighted by Crippen LogP contribution is -2.44. The van der Waals surface area contributed by atoms with Crippen molar-refractivity contribution in [3.8, 4) is 0 Å². The van der Waals surface area contributed by atoms with Crippen LogP contribution in [0.3, 0.4) is 0 Å². The molecule has 0 aromatic heterocycles. The Labute approximate surface area is 445 Å². The van der Waals surface area contributed by atoms with Crippen LogP contribution in [0.25, 0.3) is 0 Å². The smallest absolute Gasteiger partial charge is 0.306 e. The highest BCUT2D eigenvalue weighted by Crippen LogP contribution is 2.17. The number of ether oxygens (including phenoxy) is 4. The fourth-order valence-electron chi connectivity index (χ4n) is 8.90. The van der Waals surface area contributed by atoms with Crippen molar-refractivity contribution in [2.75, 3.05) is 47.5 Å². The number of carbonyl (C=O) groups is 3. The van der Waals surface area contributed by atoms with Crippen molar-refractivity contribution >= 4 is 17.9 Å². The lowest BCUT2D eigenvalue weighted by molar-refractivity contribution is -0.870. The summed E-state index contributed by atoms with van der Waals surface area (Å²) in [5, 5.41) is 11.8. The van der Waals surface area contributed by atoms with E-state index >= 15 is 0 Å². The number of hydrogen-bond acceptors (Lipinski definition) is 8. The summed E-state index contributed by atoms with van der Waals surface area (Å²) in [5.74, 6) is -2.26. The molecule has 0 aliphatic rings. The van der Waals surface area contributed by atoms with E-state index in [1.807, 2.05) is 21.1 Å². The number of hydrogen-bond donors (Lipinski definition) is 0. The van der Waals surface area contributed by atoms with Gasteiger partial charge in [0.2, 0.25) is 0 Å². The molecule has 2 atom stereocenters. The standard InChI is InChI=1S/C63H117NO8/c1-6-8-10-12-14-16-18-20-22-23-24-25-26-27-28-29-30-31-32-33-34-35-36-37-38-39-40-42-44-46-48-50-52-54-61(66)72-59(58-71-63(62(67)68)69-56-55-64(3,4)5)57-70-60(65)53-51-49-47-45-43-41-21-19-17-15-13-11-9-7-2/h18,20,23-24,26-27,59,63H,6-17,19,21-22,25,28-58H2,1-5H3/b20-18-,24-23-,27-26-. The summed E-state index contributed by atoms with van der Waals surface area (Å²) < 4.78 is 22.7. The van der Waals surface area contributed by atoms with Gasteiger partial charge in [-0.1, -0.05) is 262 Å². The van der Waals surface area contributed by atoms with E-state index in [1.165, 1.54) is 212 Å². The molecule has 9 nitrogen and oxygen atoms in total. The molecule has 0 bridgehead atoms. The average molecular weight is 1020 g/mol. The van der Waals surface area contributed by atoms with Crippen molar-refractivity contribution in [3.63, 3.8) is 0 Å². The fraction of sp³-hybridized carbons (Fsp3) is 0.857. The first-order chi connectivity index (χ1) is 35.1. The molecule has 0 aromatic carbocycles. The zero-order valence-corrected chi connectivity index (χ0v) is 48.1. The molecule has 0 rings (SSSR count). The molecule has 0 saturated carbocycles. The molecule has 0 aromatic rings. The molecular formula is C63H117NO8. The number of nitrogens with zero attached hydrogens (tertiary/aromatic N) is 1. The topological polar surface area (TPSA) is 111 Å². The third-order valence-electron chi connectivity index (χ3n) is 13.6. The third-order valence-corrected chi connectivity index (χ3v) is 13.6. The van der Waals surface area contributed by atoms with Crippen LogP contribution in [0.15, 0.2) is 36.5 Å². The first-order valence-corrected chi connectivity index (χ1v) is 30.6. The molecule has 2 unspecified atom stereocenters. The Balaban J connectivity index is 4.06. The third kappa shape index (κ3) is 55.3. The molecule has 0 N–H and O–H groups in total. The molecule has 0 spiro atoms. The summed E-state index contributed by atoms with van der Waals surface area (Å²) in [6.45, 7) is 4.77. The van der Waals surface area contributed by atoms with Crippen molar-refractivity contribution in [2.24, 2.45) is 0 Å². The van der Waals surface area contributed by atoms with Gasteiger partial charge in [-0.3, -0.25) is 9.59 Å². The molecule has 0 radical (unpaired) electrons. The molecule has 0 saturated heterocycles. The Kier molecular flexibility index (Phi) is 52.9. The minimum absolute atomic E-state index is 0.150. The average Bonchev–Trinajstić information content (AvgIpc) is 3.35. The Morgan fingerprint density at radius 1 is 0.417 bits per heavy atom. The minimum atomic E-state index is -1.62. The van der Waals surface area contributed by atoms with E-state index in [-0.39, 0.29) is 32.2 Å². The lowest BCUT2D eigenvalue weighted by atomic mass is 10.0. The van der Waals surface area contributed by atoms with E-state index in [2.05, 4.69) is 50.3 Å². The first-order valence-electron chi connectivity index (χ1n) is 30.6. The summed E-state index contributed by atoms with van der Waals surface area (Å²) in [5.41, 5.74) is 0. The predicted octanol–water partition coefficient (Wildman–Crippen LogP) is 16.7. The first kappa shape index (κ1) is 69.5. The molecule has 0 amide bonds. The van der Waals surface area contributed by atoms with E-state index in [4.69, 9.17) is 18.9 Å². The maximum atomic E-state index is 12.9. The summed E-state index contributed by atoms with van der Waals surface area (Å²) in [4.78, 5) is 37.2. The highest BCUT2D eigenvalue weighted by atomic mass is 16.7. The van der Waals surface area contributed by atoms with Crippen LogP contribution in [-0.4, -0.2) is 82.3 Å². The highest BCUT2D eigenvalue weighted by Gasteiger charge is 2.22. The van der Waals surface area contributed by atoms with Crippen LogP contribution in [0.1, 0.15) is 290 Å². The molecular weight excluding hydrogens is 899 g/mol. The zero-order valence-electron chi connectivity index (χ0n) is 48.1. The second kappa shape index (κ2) is 54.8. The van der Waals surface area contributed by atoms with E-state index < -0.39 is 24.3 Å². The van der Waals surface area contributed by atoms with Crippen molar-refractivity contribution < 1.29 is 42.9 Å². The van der Waals surface area contributed by atoms with Gasteiger partial charge in [0.15, 0.2) is 12.4 Å². The molecule has 422 valence electrons. The van der Waals surface area contributed by atoms with Gasteiger partial charge < -0.3 is 33.3 Å². The summed E-state index contributed by atoms with van der Waals surface area (Å²) in [7, 11) is 5.93. The van der Waals surface area contributed by atoms with Gasteiger partial charge in [0.05, 0.1) is 40.3 Å². The Morgan fingerprint density at radius 2 is 0.750 bits per heavy atom. The summed E-state index contributed by atoms with van der Waals surface area (Å²) in [6.07, 6.45) is 63.5. The van der Waals surface area contributed by atoms with E-state index in [1.54, 1.807) is 0 Å². The number of unbranched alkanes of at least 4 members (excludes halogenated alkanes) is 36. The number of esters is 2. The Morgan fingerprint density at radius 3 is 1.11 bits per heavy atom.